The second kappa shape index (κ2) is 9.76. The van der Waals surface area contributed by atoms with Gasteiger partial charge in [0, 0.05) is 47.1 Å². The molecule has 3 N–H and O–H groups in total. The third-order valence-corrected chi connectivity index (χ3v) is 6.74. The number of rotatable bonds is 5. The average molecular weight is 527 g/mol. The molecule has 39 heavy (non-hydrogen) atoms. The molecule has 0 radical (unpaired) electrons. The van der Waals surface area contributed by atoms with Crippen LogP contribution in [-0.2, 0) is 17.6 Å². The lowest BCUT2D eigenvalue weighted by molar-refractivity contribution is -0.114. The molecule has 202 valence electrons. The Bertz CT molecular complexity index is 1510. The summed E-state index contributed by atoms with van der Waals surface area (Å²) >= 11 is 0. The van der Waals surface area contributed by atoms with Crippen LogP contribution >= 0.6 is 0 Å². The zero-order chi connectivity index (χ0) is 27.9. The fourth-order valence-electron chi connectivity index (χ4n) is 5.35. The van der Waals surface area contributed by atoms with E-state index in [0.717, 1.165) is 46.7 Å². The van der Waals surface area contributed by atoms with E-state index in [-0.39, 0.29) is 23.1 Å². The van der Waals surface area contributed by atoms with E-state index in [1.54, 1.807) is 31.4 Å². The normalized spacial score (nSPS) is 16.2. The summed E-state index contributed by atoms with van der Waals surface area (Å²) in [5.74, 6) is 1.35. The van der Waals surface area contributed by atoms with Crippen LogP contribution in [0.3, 0.4) is 0 Å². The maximum Gasteiger partial charge on any atom is 0.323 e. The Morgan fingerprint density at radius 1 is 0.897 bits per heavy atom. The summed E-state index contributed by atoms with van der Waals surface area (Å²) in [7, 11) is 1.68. The molecule has 5 rings (SSSR count). The van der Waals surface area contributed by atoms with Crippen molar-refractivity contribution in [2.45, 2.75) is 58.6 Å². The predicted octanol–water partition coefficient (Wildman–Crippen LogP) is 6.18. The molecule has 2 aliphatic rings. The first-order valence-electron chi connectivity index (χ1n) is 13.0. The van der Waals surface area contributed by atoms with E-state index in [2.05, 4.69) is 49.7 Å². The van der Waals surface area contributed by atoms with E-state index in [4.69, 9.17) is 14.5 Å². The SMILES string of the molecule is COc1cc2c(c3c1OC(C)(C)C3)C(c1cccc(NC(=O)Nc3cccc(NC(C)=O)c3)c1)=NC(C)(C)C2. The summed E-state index contributed by atoms with van der Waals surface area (Å²) in [4.78, 5) is 29.4. The van der Waals surface area contributed by atoms with Gasteiger partial charge in [0.15, 0.2) is 11.5 Å². The zero-order valence-corrected chi connectivity index (χ0v) is 23.2. The van der Waals surface area contributed by atoms with Gasteiger partial charge in [-0.25, -0.2) is 4.79 Å². The summed E-state index contributed by atoms with van der Waals surface area (Å²) in [5, 5.41) is 8.46. The van der Waals surface area contributed by atoms with Crippen molar-refractivity contribution in [3.8, 4) is 11.5 Å². The lowest BCUT2D eigenvalue weighted by Gasteiger charge is -2.31. The van der Waals surface area contributed by atoms with E-state index in [9.17, 15) is 9.59 Å². The van der Waals surface area contributed by atoms with E-state index >= 15 is 0 Å². The molecule has 0 saturated carbocycles. The van der Waals surface area contributed by atoms with Crippen LogP contribution in [0.2, 0.25) is 0 Å². The molecule has 2 heterocycles. The third-order valence-electron chi connectivity index (χ3n) is 6.74. The van der Waals surface area contributed by atoms with Crippen LogP contribution in [0, 0.1) is 0 Å². The first-order chi connectivity index (χ1) is 18.4. The number of nitrogens with zero attached hydrogens (tertiary/aromatic N) is 1. The highest BCUT2D eigenvalue weighted by molar-refractivity contribution is 6.16. The molecule has 0 aliphatic carbocycles. The highest BCUT2D eigenvalue weighted by Gasteiger charge is 2.39. The predicted molar refractivity (Wildman–Crippen MR) is 155 cm³/mol. The molecule has 0 unspecified atom stereocenters. The van der Waals surface area contributed by atoms with Crippen LogP contribution < -0.4 is 25.4 Å². The van der Waals surface area contributed by atoms with Gasteiger partial charge in [0.25, 0.3) is 0 Å². The van der Waals surface area contributed by atoms with Crippen LogP contribution in [0.4, 0.5) is 21.9 Å². The van der Waals surface area contributed by atoms with Crippen molar-refractivity contribution in [1.82, 2.24) is 0 Å². The number of hydrogen-bond donors (Lipinski definition) is 3. The smallest absolute Gasteiger partial charge is 0.323 e. The van der Waals surface area contributed by atoms with Gasteiger partial charge in [0.2, 0.25) is 5.91 Å². The molecule has 0 bridgehead atoms. The van der Waals surface area contributed by atoms with Crippen LogP contribution in [0.1, 0.15) is 56.9 Å². The van der Waals surface area contributed by atoms with Crippen LogP contribution in [0.15, 0.2) is 59.6 Å². The van der Waals surface area contributed by atoms with Gasteiger partial charge in [0.05, 0.1) is 18.4 Å². The number of carbonyl (C=O) groups is 2. The molecule has 2 aliphatic heterocycles. The monoisotopic (exact) mass is 526 g/mol. The van der Waals surface area contributed by atoms with E-state index in [0.29, 0.717) is 17.1 Å². The molecule has 0 fully saturated rings. The van der Waals surface area contributed by atoms with Crippen molar-refractivity contribution in [2.75, 3.05) is 23.1 Å². The number of ether oxygens (including phenoxy) is 2. The lowest BCUT2D eigenvalue weighted by atomic mass is 9.81. The Labute approximate surface area is 228 Å². The second-order valence-corrected chi connectivity index (χ2v) is 11.3. The number of methoxy groups -OCH3 is 1. The highest BCUT2D eigenvalue weighted by atomic mass is 16.5. The minimum atomic E-state index is -0.390. The topological polar surface area (TPSA) is 101 Å². The standard InChI is InChI=1S/C31H34N4O4/c1-18(36)32-22-11-8-12-23(15-22)34-29(37)33-21-10-7-9-19(13-21)27-26-20(16-30(2,3)35-27)14-25(38-6)28-24(26)17-31(4,5)39-28/h7-15H,16-17H2,1-6H3,(H,32,36)(H2,33,34,37). The van der Waals surface area contributed by atoms with Crippen molar-refractivity contribution < 1.29 is 19.1 Å². The Kier molecular flexibility index (Phi) is 6.58. The van der Waals surface area contributed by atoms with Gasteiger partial charge in [-0.2, -0.15) is 0 Å². The number of nitrogens with one attached hydrogen (secondary N) is 3. The summed E-state index contributed by atoms with van der Waals surface area (Å²) < 4.78 is 12.0. The minimum Gasteiger partial charge on any atom is -0.493 e. The van der Waals surface area contributed by atoms with Crippen LogP contribution in [0.5, 0.6) is 11.5 Å². The maximum atomic E-state index is 12.8. The lowest BCUT2D eigenvalue weighted by Crippen LogP contribution is -2.30. The summed E-state index contributed by atoms with van der Waals surface area (Å²) in [6, 6.07) is 16.4. The fourth-order valence-corrected chi connectivity index (χ4v) is 5.35. The van der Waals surface area contributed by atoms with Gasteiger partial charge >= 0.3 is 6.03 Å². The summed E-state index contributed by atoms with van der Waals surface area (Å²) in [6.45, 7) is 9.85. The molecule has 8 nitrogen and oxygen atoms in total. The number of anilines is 3. The van der Waals surface area contributed by atoms with Crippen molar-refractivity contribution in [3.05, 3.63) is 76.9 Å². The fraction of sp³-hybridized carbons (Fsp3) is 0.323. The largest absolute Gasteiger partial charge is 0.493 e. The molecule has 3 aromatic carbocycles. The van der Waals surface area contributed by atoms with Crippen molar-refractivity contribution in [3.63, 3.8) is 0 Å². The molecular weight excluding hydrogens is 492 g/mol. The quantitative estimate of drug-likeness (QED) is 0.369. The minimum absolute atomic E-state index is 0.178. The Balaban J connectivity index is 1.46. The van der Waals surface area contributed by atoms with Crippen molar-refractivity contribution in [1.29, 1.82) is 0 Å². The molecule has 0 atom stereocenters. The van der Waals surface area contributed by atoms with Crippen LogP contribution in [0.25, 0.3) is 0 Å². The molecule has 0 spiro atoms. The summed E-state index contributed by atoms with van der Waals surface area (Å²) in [5.41, 5.74) is 6.32. The van der Waals surface area contributed by atoms with Gasteiger partial charge < -0.3 is 25.4 Å². The number of aliphatic imine (C=N–C) groups is 1. The van der Waals surface area contributed by atoms with Crippen molar-refractivity contribution in [2.24, 2.45) is 4.99 Å². The van der Waals surface area contributed by atoms with E-state index < -0.39 is 0 Å². The zero-order valence-electron chi connectivity index (χ0n) is 23.2. The van der Waals surface area contributed by atoms with Gasteiger partial charge in [-0.3, -0.25) is 9.79 Å². The highest BCUT2D eigenvalue weighted by Crippen LogP contribution is 2.47. The first-order valence-corrected chi connectivity index (χ1v) is 13.0. The van der Waals surface area contributed by atoms with Crippen LogP contribution in [-0.4, -0.2) is 35.9 Å². The van der Waals surface area contributed by atoms with Gasteiger partial charge in [-0.05, 0) is 76.1 Å². The molecule has 3 aromatic rings. The number of fused-ring (bicyclic) bond motifs is 3. The van der Waals surface area contributed by atoms with Crippen molar-refractivity contribution >= 4 is 34.7 Å². The summed E-state index contributed by atoms with van der Waals surface area (Å²) in [6.07, 6.45) is 1.53. The number of hydrogen-bond acceptors (Lipinski definition) is 5. The maximum absolute atomic E-state index is 12.8. The Morgan fingerprint density at radius 3 is 2.21 bits per heavy atom. The Hall–Kier alpha value is -4.33. The van der Waals surface area contributed by atoms with E-state index in [1.807, 2.05) is 24.3 Å². The van der Waals surface area contributed by atoms with Gasteiger partial charge in [-0.15, -0.1) is 0 Å². The van der Waals surface area contributed by atoms with Gasteiger partial charge in [-0.1, -0.05) is 18.2 Å². The van der Waals surface area contributed by atoms with Gasteiger partial charge in [0.1, 0.15) is 5.60 Å². The molecule has 3 amide bonds. The molecule has 0 aromatic heterocycles. The number of urea groups is 1. The molecule has 0 saturated heterocycles. The second-order valence-electron chi connectivity index (χ2n) is 11.3. The number of carbonyl (C=O) groups excluding carboxylic acids is 2. The molecular formula is C31H34N4O4. The average Bonchev–Trinajstić information content (AvgIpc) is 3.17. The third kappa shape index (κ3) is 5.60. The molecule has 8 heteroatoms. The number of amides is 3. The van der Waals surface area contributed by atoms with E-state index in [1.165, 1.54) is 12.5 Å². The first kappa shape index (κ1) is 26.3. The Morgan fingerprint density at radius 2 is 1.54 bits per heavy atom. The number of benzene rings is 3.